The van der Waals surface area contributed by atoms with Crippen LogP contribution in [0.15, 0.2) is 61.1 Å². The van der Waals surface area contributed by atoms with Gasteiger partial charge in [-0.2, -0.15) is 0 Å². The van der Waals surface area contributed by atoms with Crippen molar-refractivity contribution in [1.82, 2.24) is 14.9 Å². The van der Waals surface area contributed by atoms with Crippen LogP contribution in [0.1, 0.15) is 40.9 Å². The number of carbonyl (C=O) groups is 1. The van der Waals surface area contributed by atoms with E-state index < -0.39 is 6.04 Å². The Morgan fingerprint density at radius 2 is 1.93 bits per heavy atom. The van der Waals surface area contributed by atoms with Crippen LogP contribution in [-0.2, 0) is 0 Å². The Balaban J connectivity index is 1.78. The normalized spacial score (nSPS) is 12.9. The van der Waals surface area contributed by atoms with Crippen molar-refractivity contribution in [1.29, 1.82) is 0 Å². The van der Waals surface area contributed by atoms with Crippen LogP contribution in [0.25, 0.3) is 5.69 Å². The predicted molar refractivity (Wildman–Crippen MR) is 117 cm³/mol. The number of aliphatic hydroxyl groups excluding tert-OH is 2. The second kappa shape index (κ2) is 10.0. The lowest BCUT2D eigenvalue weighted by molar-refractivity contribution is 0.0916. The standard InChI is InChI=1S/C23H28N4O3/c1-3-19(14-28)25-22-11-21(16(2)12-24-22)27-10-9-18(13-27)23(30)26-20(15-29)17-7-5-4-6-8-17/h4-13,19-20,28-29H,3,14-15H2,1-2H3,(H,24,25)(H,26,30)/t19-,20?/m0/s1. The Morgan fingerprint density at radius 1 is 1.17 bits per heavy atom. The first kappa shape index (κ1) is 21.5. The molecule has 0 saturated heterocycles. The molecule has 0 radical (unpaired) electrons. The molecule has 0 aliphatic rings. The molecular weight excluding hydrogens is 380 g/mol. The highest BCUT2D eigenvalue weighted by Crippen LogP contribution is 2.20. The van der Waals surface area contributed by atoms with E-state index in [0.29, 0.717) is 11.4 Å². The SMILES string of the molecule is CC[C@@H](CO)Nc1cc(-n2ccc(C(=O)NC(CO)c3ccccc3)c2)c(C)cn1. The molecule has 0 spiro atoms. The number of nitrogens with one attached hydrogen (secondary N) is 2. The van der Waals surface area contributed by atoms with Crippen LogP contribution in [-0.4, -0.2) is 44.9 Å². The van der Waals surface area contributed by atoms with Gasteiger partial charge in [0.25, 0.3) is 5.91 Å². The van der Waals surface area contributed by atoms with E-state index in [1.54, 1.807) is 18.5 Å². The number of aliphatic hydroxyl groups is 2. The molecule has 1 amide bonds. The van der Waals surface area contributed by atoms with Gasteiger partial charge in [-0.05, 0) is 30.5 Å². The van der Waals surface area contributed by atoms with Crippen molar-refractivity contribution in [2.24, 2.45) is 0 Å². The molecule has 0 saturated carbocycles. The van der Waals surface area contributed by atoms with Crippen molar-refractivity contribution >= 4 is 11.7 Å². The van der Waals surface area contributed by atoms with Crippen LogP contribution >= 0.6 is 0 Å². The first-order valence-corrected chi connectivity index (χ1v) is 10.0. The Bertz CT molecular complexity index is 968. The molecular formula is C23H28N4O3. The van der Waals surface area contributed by atoms with Gasteiger partial charge in [-0.1, -0.05) is 37.3 Å². The lowest BCUT2D eigenvalue weighted by Gasteiger charge is -2.17. The van der Waals surface area contributed by atoms with Crippen molar-refractivity contribution in [3.05, 3.63) is 77.7 Å². The number of benzene rings is 1. The fourth-order valence-electron chi connectivity index (χ4n) is 3.20. The Morgan fingerprint density at radius 3 is 2.60 bits per heavy atom. The van der Waals surface area contributed by atoms with Crippen LogP contribution < -0.4 is 10.6 Å². The second-order valence-electron chi connectivity index (χ2n) is 7.21. The number of carbonyl (C=O) groups excluding carboxylic acids is 1. The van der Waals surface area contributed by atoms with Gasteiger partial charge in [0.2, 0.25) is 0 Å². The zero-order valence-corrected chi connectivity index (χ0v) is 17.2. The Kier molecular flexibility index (Phi) is 7.21. The van der Waals surface area contributed by atoms with Gasteiger partial charge in [-0.3, -0.25) is 4.79 Å². The summed E-state index contributed by atoms with van der Waals surface area (Å²) >= 11 is 0. The van der Waals surface area contributed by atoms with Gasteiger partial charge in [0.1, 0.15) is 5.82 Å². The summed E-state index contributed by atoms with van der Waals surface area (Å²) in [5.74, 6) is 0.411. The fraction of sp³-hybridized carbons (Fsp3) is 0.304. The zero-order chi connectivity index (χ0) is 21.5. The molecule has 1 aromatic carbocycles. The van der Waals surface area contributed by atoms with E-state index in [1.807, 2.05) is 61.0 Å². The minimum absolute atomic E-state index is 0.0304. The van der Waals surface area contributed by atoms with Crippen LogP contribution in [0.5, 0.6) is 0 Å². The number of aryl methyl sites for hydroxylation is 1. The second-order valence-corrected chi connectivity index (χ2v) is 7.21. The average Bonchev–Trinajstić information content (AvgIpc) is 3.27. The van der Waals surface area contributed by atoms with Crippen molar-refractivity contribution in [2.75, 3.05) is 18.5 Å². The summed E-state index contributed by atoms with van der Waals surface area (Å²) in [6, 6.07) is 12.5. The third-order valence-electron chi connectivity index (χ3n) is 5.06. The zero-order valence-electron chi connectivity index (χ0n) is 17.2. The molecule has 7 nitrogen and oxygen atoms in total. The summed E-state index contributed by atoms with van der Waals surface area (Å²) in [6.07, 6.45) is 6.12. The minimum atomic E-state index is -0.468. The smallest absolute Gasteiger partial charge is 0.253 e. The molecule has 7 heteroatoms. The number of hydrogen-bond acceptors (Lipinski definition) is 5. The number of amides is 1. The monoisotopic (exact) mass is 408 g/mol. The van der Waals surface area contributed by atoms with E-state index in [9.17, 15) is 15.0 Å². The van der Waals surface area contributed by atoms with Crippen LogP contribution in [0.3, 0.4) is 0 Å². The van der Waals surface area contributed by atoms with E-state index in [0.717, 1.165) is 23.2 Å². The van der Waals surface area contributed by atoms with Crippen molar-refractivity contribution in [3.63, 3.8) is 0 Å². The summed E-state index contributed by atoms with van der Waals surface area (Å²) in [5.41, 5.74) is 3.19. The summed E-state index contributed by atoms with van der Waals surface area (Å²) in [6.45, 7) is 3.79. The number of pyridine rings is 1. The molecule has 0 bridgehead atoms. The number of anilines is 1. The van der Waals surface area contributed by atoms with Gasteiger partial charge < -0.3 is 25.4 Å². The molecule has 2 heterocycles. The van der Waals surface area contributed by atoms with E-state index >= 15 is 0 Å². The van der Waals surface area contributed by atoms with Gasteiger partial charge in [0.15, 0.2) is 0 Å². The molecule has 1 unspecified atom stereocenters. The third kappa shape index (κ3) is 5.06. The first-order chi connectivity index (χ1) is 14.5. The molecule has 30 heavy (non-hydrogen) atoms. The van der Waals surface area contributed by atoms with E-state index in [4.69, 9.17) is 0 Å². The van der Waals surface area contributed by atoms with Crippen molar-refractivity contribution < 1.29 is 15.0 Å². The molecule has 0 fully saturated rings. The predicted octanol–water partition coefficient (Wildman–Crippen LogP) is 2.83. The molecule has 2 aromatic heterocycles. The first-order valence-electron chi connectivity index (χ1n) is 10.0. The highest BCUT2D eigenvalue weighted by atomic mass is 16.3. The van der Waals surface area contributed by atoms with Crippen LogP contribution in [0.4, 0.5) is 5.82 Å². The molecule has 0 aliphatic heterocycles. The summed E-state index contributed by atoms with van der Waals surface area (Å²) < 4.78 is 1.87. The van der Waals surface area contributed by atoms with Crippen LogP contribution in [0.2, 0.25) is 0 Å². The summed E-state index contributed by atoms with van der Waals surface area (Å²) in [4.78, 5) is 17.1. The molecule has 158 valence electrons. The lowest BCUT2D eigenvalue weighted by atomic mass is 10.1. The number of hydrogen-bond donors (Lipinski definition) is 4. The topological polar surface area (TPSA) is 99.4 Å². The maximum Gasteiger partial charge on any atom is 0.253 e. The highest BCUT2D eigenvalue weighted by Gasteiger charge is 2.16. The largest absolute Gasteiger partial charge is 0.394 e. The molecule has 3 rings (SSSR count). The van der Waals surface area contributed by atoms with Gasteiger partial charge >= 0.3 is 0 Å². The summed E-state index contributed by atoms with van der Waals surface area (Å²) in [5, 5.41) is 25.2. The van der Waals surface area contributed by atoms with Crippen molar-refractivity contribution in [2.45, 2.75) is 32.4 Å². The van der Waals surface area contributed by atoms with Crippen LogP contribution in [0, 0.1) is 6.92 Å². The number of nitrogens with zero attached hydrogens (tertiary/aromatic N) is 2. The van der Waals surface area contributed by atoms with Crippen molar-refractivity contribution in [3.8, 4) is 5.69 Å². The minimum Gasteiger partial charge on any atom is -0.394 e. The van der Waals surface area contributed by atoms with Gasteiger partial charge in [-0.25, -0.2) is 4.98 Å². The molecule has 4 N–H and O–H groups in total. The van der Waals surface area contributed by atoms with E-state index in [1.165, 1.54) is 0 Å². The van der Waals surface area contributed by atoms with Gasteiger partial charge in [0, 0.05) is 24.7 Å². The Labute approximate surface area is 176 Å². The van der Waals surface area contributed by atoms with E-state index in [2.05, 4.69) is 15.6 Å². The maximum atomic E-state index is 12.7. The van der Waals surface area contributed by atoms with Gasteiger partial charge in [-0.15, -0.1) is 0 Å². The molecule has 0 aliphatic carbocycles. The third-order valence-corrected chi connectivity index (χ3v) is 5.06. The quantitative estimate of drug-likeness (QED) is 0.436. The molecule has 2 atom stereocenters. The maximum absolute atomic E-state index is 12.7. The number of aromatic nitrogens is 2. The Hall–Kier alpha value is -3.16. The molecule has 3 aromatic rings. The highest BCUT2D eigenvalue weighted by molar-refractivity contribution is 5.94. The lowest BCUT2D eigenvalue weighted by Crippen LogP contribution is -2.30. The average molecular weight is 409 g/mol. The van der Waals surface area contributed by atoms with E-state index in [-0.39, 0.29) is 25.2 Å². The fourth-order valence-corrected chi connectivity index (χ4v) is 3.20. The summed E-state index contributed by atoms with van der Waals surface area (Å²) in [7, 11) is 0. The van der Waals surface area contributed by atoms with Gasteiger partial charge in [0.05, 0.1) is 36.5 Å². The number of rotatable bonds is 9.